The smallest absolute Gasteiger partial charge is 0.256 e. The quantitative estimate of drug-likeness (QED) is 0.119. The van der Waals surface area contributed by atoms with Crippen molar-refractivity contribution in [2.24, 2.45) is 9.98 Å². The first kappa shape index (κ1) is 30.2. The van der Waals surface area contributed by atoms with E-state index in [1.165, 1.54) is 12.5 Å². The predicted octanol–water partition coefficient (Wildman–Crippen LogP) is 7.72. The van der Waals surface area contributed by atoms with E-state index >= 15 is 0 Å². The summed E-state index contributed by atoms with van der Waals surface area (Å²) in [6.07, 6.45) is 5.06. The van der Waals surface area contributed by atoms with Crippen LogP contribution in [0.1, 0.15) is 72.6 Å². The molecule has 0 aromatic heterocycles. The normalized spacial score (nSPS) is 12.8. The highest BCUT2D eigenvalue weighted by Crippen LogP contribution is 2.28. The van der Waals surface area contributed by atoms with Gasteiger partial charge in [-0.3, -0.25) is 14.6 Å². The molecular weight excluding hydrogens is 494 g/mol. The number of benzene rings is 3. The fraction of sp³-hybridized carbons (Fsp3) is 0.257. The Morgan fingerprint density at radius 3 is 2.35 bits per heavy atom. The van der Waals surface area contributed by atoms with Crippen LogP contribution < -0.4 is 5.32 Å². The first-order valence-electron chi connectivity index (χ1n) is 13.7. The van der Waals surface area contributed by atoms with Crippen molar-refractivity contribution >= 4 is 28.9 Å². The van der Waals surface area contributed by atoms with E-state index in [9.17, 15) is 9.59 Å². The summed E-state index contributed by atoms with van der Waals surface area (Å²) >= 11 is 0. The van der Waals surface area contributed by atoms with Gasteiger partial charge in [0.15, 0.2) is 5.78 Å². The lowest BCUT2D eigenvalue weighted by Gasteiger charge is -2.18. The molecule has 0 radical (unpaired) electrons. The fourth-order valence-electron chi connectivity index (χ4n) is 4.47. The molecule has 5 nitrogen and oxygen atoms in total. The Balaban J connectivity index is 1.79. The Morgan fingerprint density at radius 1 is 0.925 bits per heavy atom. The molecule has 5 heteroatoms. The van der Waals surface area contributed by atoms with Gasteiger partial charge in [0, 0.05) is 11.5 Å². The van der Waals surface area contributed by atoms with E-state index in [2.05, 4.69) is 42.9 Å². The van der Waals surface area contributed by atoms with Crippen LogP contribution in [0.25, 0.3) is 0 Å². The number of amides is 1. The Morgan fingerprint density at radius 2 is 1.65 bits per heavy atom. The van der Waals surface area contributed by atoms with Crippen molar-refractivity contribution in [1.82, 2.24) is 5.32 Å². The lowest BCUT2D eigenvalue weighted by atomic mass is 9.88. The van der Waals surface area contributed by atoms with Crippen LogP contribution in [0.4, 0.5) is 5.69 Å². The zero-order valence-electron chi connectivity index (χ0n) is 24.2. The van der Waals surface area contributed by atoms with E-state index in [0.717, 1.165) is 46.5 Å². The monoisotopic (exact) mass is 533 g/mol. The number of nitrogens with one attached hydrogen (secondary N) is 1. The lowest BCUT2D eigenvalue weighted by molar-refractivity contribution is -0.112. The van der Waals surface area contributed by atoms with E-state index in [1.807, 2.05) is 61.5 Å². The summed E-state index contributed by atoms with van der Waals surface area (Å²) < 4.78 is 0. The summed E-state index contributed by atoms with van der Waals surface area (Å²) in [5, 5.41) is 2.91. The minimum Gasteiger partial charge on any atom is -0.310 e. The van der Waals surface area contributed by atoms with Crippen LogP contribution >= 0.6 is 0 Å². The Bertz CT molecular complexity index is 1460. The van der Waals surface area contributed by atoms with E-state index in [-0.39, 0.29) is 17.6 Å². The van der Waals surface area contributed by atoms with E-state index in [4.69, 9.17) is 4.99 Å². The summed E-state index contributed by atoms with van der Waals surface area (Å²) in [5.74, 6) is 0.327. The molecule has 1 atom stereocenters. The average molecular weight is 534 g/mol. The zero-order valence-corrected chi connectivity index (χ0v) is 24.2. The molecule has 0 saturated heterocycles. The first-order valence-corrected chi connectivity index (χ1v) is 13.7. The maximum Gasteiger partial charge on any atom is 0.256 e. The lowest BCUT2D eigenvalue weighted by Crippen LogP contribution is -2.28. The molecule has 0 unspecified atom stereocenters. The minimum atomic E-state index is -0.206. The van der Waals surface area contributed by atoms with Crippen LogP contribution in [0.5, 0.6) is 0 Å². The van der Waals surface area contributed by atoms with Crippen molar-refractivity contribution in [2.75, 3.05) is 6.54 Å². The molecule has 0 aliphatic heterocycles. The topological polar surface area (TPSA) is 70.9 Å². The zero-order chi connectivity index (χ0) is 29.1. The van der Waals surface area contributed by atoms with E-state index in [1.54, 1.807) is 25.1 Å². The molecule has 0 aliphatic rings. The molecule has 0 saturated carbocycles. The molecule has 206 valence electrons. The van der Waals surface area contributed by atoms with Gasteiger partial charge in [-0.05, 0) is 97.9 Å². The molecule has 0 fully saturated rings. The number of amidine groups is 1. The number of aryl methyl sites for hydroxylation is 2. The largest absolute Gasteiger partial charge is 0.310 e. The van der Waals surface area contributed by atoms with Gasteiger partial charge in [-0.2, -0.15) is 0 Å². The molecule has 3 aromatic carbocycles. The predicted molar refractivity (Wildman–Crippen MR) is 167 cm³/mol. The van der Waals surface area contributed by atoms with Gasteiger partial charge in [-0.15, -0.1) is 0 Å². The van der Waals surface area contributed by atoms with E-state index in [0.29, 0.717) is 17.9 Å². The highest BCUT2D eigenvalue weighted by Gasteiger charge is 2.16. The van der Waals surface area contributed by atoms with Crippen molar-refractivity contribution in [1.29, 1.82) is 0 Å². The van der Waals surface area contributed by atoms with Crippen molar-refractivity contribution in [3.8, 4) is 0 Å². The van der Waals surface area contributed by atoms with Crippen LogP contribution in [-0.2, 0) is 11.2 Å². The van der Waals surface area contributed by atoms with Gasteiger partial charge in [-0.1, -0.05) is 69.0 Å². The van der Waals surface area contributed by atoms with Crippen LogP contribution in [0.15, 0.2) is 107 Å². The van der Waals surface area contributed by atoms with E-state index < -0.39 is 0 Å². The third kappa shape index (κ3) is 8.57. The third-order valence-corrected chi connectivity index (χ3v) is 6.71. The third-order valence-electron chi connectivity index (χ3n) is 6.71. The highest BCUT2D eigenvalue weighted by atomic mass is 16.1. The van der Waals surface area contributed by atoms with Gasteiger partial charge >= 0.3 is 0 Å². The van der Waals surface area contributed by atoms with Gasteiger partial charge in [0.1, 0.15) is 5.84 Å². The molecule has 0 heterocycles. The summed E-state index contributed by atoms with van der Waals surface area (Å²) in [6.45, 7) is 14.3. The SMILES string of the molecule is C=C(C/N=C(\C=C/C(C)=O)c1cccc(CC)c1)[C@H](CC)c1cccc(C(=O)N/C(C)=N/c2ccccc2C)c1. The second kappa shape index (κ2) is 14.7. The van der Waals surface area contributed by atoms with Crippen molar-refractivity contribution < 1.29 is 9.59 Å². The standard InChI is InChI=1S/C35H39N3O2/c1-7-28-14-11-16-30(21-28)34(20-19-26(5)39)36-23-25(4)32(8-2)29-15-12-17-31(22-29)35(40)38-27(6)37-33-18-10-9-13-24(33)3/h9-22,32H,4,7-8,23H2,1-3,5-6H3,(H,37,38,40)/b20-19-,36-34+/t32-/m0/s1. The minimum absolute atomic E-state index is 0.0262. The maximum atomic E-state index is 13.0. The number of allylic oxidation sites excluding steroid dienone is 2. The van der Waals surface area contributed by atoms with Gasteiger partial charge in [0.05, 0.1) is 17.9 Å². The van der Waals surface area contributed by atoms with Crippen LogP contribution in [-0.4, -0.2) is 29.8 Å². The first-order chi connectivity index (χ1) is 19.2. The number of hydrogen-bond donors (Lipinski definition) is 1. The number of aliphatic imine (C=N–C) groups is 2. The van der Waals surface area contributed by atoms with Crippen molar-refractivity contribution in [3.63, 3.8) is 0 Å². The van der Waals surface area contributed by atoms with Crippen molar-refractivity contribution in [3.05, 3.63) is 125 Å². The van der Waals surface area contributed by atoms with Crippen LogP contribution in [0, 0.1) is 6.92 Å². The highest BCUT2D eigenvalue weighted by molar-refractivity contribution is 6.11. The second-order valence-electron chi connectivity index (χ2n) is 9.88. The summed E-state index contributed by atoms with van der Waals surface area (Å²) in [4.78, 5) is 34.1. The molecule has 40 heavy (non-hydrogen) atoms. The molecule has 0 aliphatic carbocycles. The fourth-order valence-corrected chi connectivity index (χ4v) is 4.47. The number of para-hydroxylation sites is 1. The number of rotatable bonds is 11. The number of hydrogen-bond acceptors (Lipinski definition) is 4. The second-order valence-corrected chi connectivity index (χ2v) is 9.88. The molecule has 3 aromatic rings. The summed E-state index contributed by atoms with van der Waals surface area (Å²) in [7, 11) is 0. The van der Waals surface area contributed by atoms with Gasteiger partial charge in [-0.25, -0.2) is 4.99 Å². The number of carbonyl (C=O) groups excluding carboxylic acids is 2. The van der Waals surface area contributed by atoms with Crippen LogP contribution in [0.3, 0.4) is 0 Å². The molecule has 3 rings (SSSR count). The van der Waals surface area contributed by atoms with Gasteiger partial charge in [0.2, 0.25) is 0 Å². The Labute approximate surface area is 238 Å². The molecule has 1 N–H and O–H groups in total. The maximum absolute atomic E-state index is 13.0. The Hall–Kier alpha value is -4.38. The average Bonchev–Trinajstić information content (AvgIpc) is 2.94. The number of ketones is 1. The van der Waals surface area contributed by atoms with Crippen molar-refractivity contribution in [2.45, 2.75) is 53.4 Å². The molecule has 1 amide bonds. The number of carbonyl (C=O) groups is 2. The van der Waals surface area contributed by atoms with Gasteiger partial charge in [0.25, 0.3) is 5.91 Å². The van der Waals surface area contributed by atoms with Gasteiger partial charge < -0.3 is 5.32 Å². The summed E-state index contributed by atoms with van der Waals surface area (Å²) in [6, 6.07) is 23.7. The molecular formula is C35H39N3O2. The summed E-state index contributed by atoms with van der Waals surface area (Å²) in [5.41, 5.74) is 7.32. The Kier molecular flexibility index (Phi) is 11.1. The molecule has 0 spiro atoms. The molecule has 0 bridgehead atoms. The number of nitrogens with zero attached hydrogens (tertiary/aromatic N) is 2. The van der Waals surface area contributed by atoms with Crippen LogP contribution in [0.2, 0.25) is 0 Å².